The number of para-hydroxylation sites is 1. The van der Waals surface area contributed by atoms with Gasteiger partial charge in [-0.1, -0.05) is 30.4 Å². The molecular formula is C22H24N2O2S. The zero-order valence-corrected chi connectivity index (χ0v) is 16.4. The minimum absolute atomic E-state index is 0.164. The van der Waals surface area contributed by atoms with E-state index < -0.39 is 0 Å². The lowest BCUT2D eigenvalue weighted by Gasteiger charge is -2.32. The molecule has 4 nitrogen and oxygen atoms in total. The molecule has 140 valence electrons. The van der Waals surface area contributed by atoms with Gasteiger partial charge in [-0.2, -0.15) is 0 Å². The quantitative estimate of drug-likeness (QED) is 0.765. The summed E-state index contributed by atoms with van der Waals surface area (Å²) >= 11 is 1.69. The molecule has 1 aliphatic carbocycles. The Kier molecular flexibility index (Phi) is 5.39. The molecule has 0 bridgehead atoms. The largest absolute Gasteiger partial charge is 0.496 e. The van der Waals surface area contributed by atoms with Crippen molar-refractivity contribution in [3.05, 3.63) is 58.5 Å². The molecule has 27 heavy (non-hydrogen) atoms. The van der Waals surface area contributed by atoms with Gasteiger partial charge in [-0.25, -0.2) is 4.98 Å². The van der Waals surface area contributed by atoms with Gasteiger partial charge in [-0.15, -0.1) is 11.3 Å². The van der Waals surface area contributed by atoms with Crippen LogP contribution in [0.25, 0.3) is 11.3 Å². The first-order valence-electron chi connectivity index (χ1n) is 9.51. The van der Waals surface area contributed by atoms with Gasteiger partial charge in [-0.3, -0.25) is 4.79 Å². The molecule has 1 aromatic carbocycles. The molecule has 2 aromatic rings. The molecule has 5 heteroatoms. The summed E-state index contributed by atoms with van der Waals surface area (Å²) in [5.74, 6) is 1.31. The van der Waals surface area contributed by atoms with E-state index in [2.05, 4.69) is 17.5 Å². The van der Waals surface area contributed by atoms with Crippen molar-refractivity contribution in [1.29, 1.82) is 0 Å². The molecule has 1 atom stereocenters. The van der Waals surface area contributed by atoms with E-state index >= 15 is 0 Å². The number of amides is 1. The highest BCUT2D eigenvalue weighted by atomic mass is 32.1. The lowest BCUT2D eigenvalue weighted by molar-refractivity contribution is -0.128. The molecule has 0 N–H and O–H groups in total. The van der Waals surface area contributed by atoms with Gasteiger partial charge in [0.1, 0.15) is 5.75 Å². The summed E-state index contributed by atoms with van der Waals surface area (Å²) in [6.07, 6.45) is 10.2. The number of methoxy groups -OCH3 is 1. The zero-order chi connectivity index (χ0) is 18.6. The molecule has 1 saturated heterocycles. The molecule has 1 aromatic heterocycles. The molecule has 1 amide bonds. The first-order chi connectivity index (χ1) is 13.3. The van der Waals surface area contributed by atoms with Crippen molar-refractivity contribution in [1.82, 2.24) is 9.88 Å². The van der Waals surface area contributed by atoms with Crippen LogP contribution in [0.15, 0.2) is 53.4 Å². The summed E-state index contributed by atoms with van der Waals surface area (Å²) in [6.45, 7) is 1.59. The van der Waals surface area contributed by atoms with Crippen LogP contribution in [-0.4, -0.2) is 36.0 Å². The van der Waals surface area contributed by atoms with Crippen molar-refractivity contribution in [2.45, 2.75) is 31.6 Å². The fourth-order valence-corrected chi connectivity index (χ4v) is 4.72. The predicted octanol–water partition coefficient (Wildman–Crippen LogP) is 4.80. The van der Waals surface area contributed by atoms with Crippen LogP contribution in [0.2, 0.25) is 0 Å². The van der Waals surface area contributed by atoms with Gasteiger partial charge in [0.25, 0.3) is 5.91 Å². The summed E-state index contributed by atoms with van der Waals surface area (Å²) in [5.41, 5.74) is 2.81. The molecule has 1 aliphatic heterocycles. The second-order valence-corrected chi connectivity index (χ2v) is 7.89. The van der Waals surface area contributed by atoms with Crippen LogP contribution in [0, 0.1) is 0 Å². The van der Waals surface area contributed by atoms with Crippen molar-refractivity contribution in [3.63, 3.8) is 0 Å². The minimum Gasteiger partial charge on any atom is -0.496 e. The molecular weight excluding hydrogens is 356 g/mol. The highest BCUT2D eigenvalue weighted by Gasteiger charge is 2.28. The average Bonchev–Trinajstić information content (AvgIpc) is 3.24. The van der Waals surface area contributed by atoms with Crippen LogP contribution < -0.4 is 4.74 Å². The topological polar surface area (TPSA) is 42.4 Å². The summed E-state index contributed by atoms with van der Waals surface area (Å²) < 4.78 is 5.47. The maximum Gasteiger partial charge on any atom is 0.253 e. The SMILES string of the molecule is COc1ccccc1-c1csc(C2CCCN(C(=O)C3=CCCC=C3)C2)n1. The number of ether oxygens (including phenoxy) is 1. The maximum absolute atomic E-state index is 12.8. The van der Waals surface area contributed by atoms with E-state index in [0.29, 0.717) is 5.92 Å². The smallest absolute Gasteiger partial charge is 0.253 e. The Morgan fingerprint density at radius 3 is 3.00 bits per heavy atom. The number of rotatable bonds is 4. The molecule has 0 saturated carbocycles. The van der Waals surface area contributed by atoms with Crippen LogP contribution in [-0.2, 0) is 4.79 Å². The fourth-order valence-electron chi connectivity index (χ4n) is 3.77. The van der Waals surface area contributed by atoms with Crippen LogP contribution >= 0.6 is 11.3 Å². The Bertz CT molecular complexity index is 884. The number of thiazole rings is 1. The Balaban J connectivity index is 1.51. The third kappa shape index (κ3) is 3.83. The minimum atomic E-state index is 0.164. The summed E-state index contributed by atoms with van der Waals surface area (Å²) in [6, 6.07) is 7.97. The van der Waals surface area contributed by atoms with Crippen molar-refractivity contribution in [2.24, 2.45) is 0 Å². The van der Waals surface area contributed by atoms with E-state index in [0.717, 1.165) is 66.4 Å². The van der Waals surface area contributed by atoms with E-state index in [-0.39, 0.29) is 5.91 Å². The van der Waals surface area contributed by atoms with Crippen molar-refractivity contribution >= 4 is 17.2 Å². The average molecular weight is 381 g/mol. The number of carbonyl (C=O) groups is 1. The third-order valence-electron chi connectivity index (χ3n) is 5.20. The van der Waals surface area contributed by atoms with Crippen LogP contribution in [0.5, 0.6) is 5.75 Å². The zero-order valence-electron chi connectivity index (χ0n) is 15.6. The molecule has 1 fully saturated rings. The molecule has 0 spiro atoms. The number of likely N-dealkylation sites (tertiary alicyclic amines) is 1. The second-order valence-electron chi connectivity index (χ2n) is 7.00. The Morgan fingerprint density at radius 2 is 2.19 bits per heavy atom. The Morgan fingerprint density at radius 1 is 1.30 bits per heavy atom. The molecule has 2 aliphatic rings. The number of benzene rings is 1. The fraction of sp³-hybridized carbons (Fsp3) is 0.364. The van der Waals surface area contributed by atoms with Crippen molar-refractivity contribution < 1.29 is 9.53 Å². The summed E-state index contributed by atoms with van der Waals surface area (Å²) in [7, 11) is 1.69. The number of allylic oxidation sites excluding steroid dienone is 2. The van der Waals surface area contributed by atoms with E-state index in [9.17, 15) is 4.79 Å². The second kappa shape index (κ2) is 8.09. The third-order valence-corrected chi connectivity index (χ3v) is 6.21. The lowest BCUT2D eigenvalue weighted by Crippen LogP contribution is -2.39. The lowest BCUT2D eigenvalue weighted by atomic mass is 9.97. The molecule has 4 rings (SSSR count). The van der Waals surface area contributed by atoms with Gasteiger partial charge < -0.3 is 9.64 Å². The normalized spacial score (nSPS) is 19.7. The van der Waals surface area contributed by atoms with Gasteiger partial charge in [0.2, 0.25) is 0 Å². The van der Waals surface area contributed by atoms with Gasteiger partial charge in [-0.05, 0) is 37.8 Å². The van der Waals surface area contributed by atoms with Crippen LogP contribution in [0.4, 0.5) is 0 Å². The first kappa shape index (κ1) is 18.0. The van der Waals surface area contributed by atoms with Gasteiger partial charge in [0, 0.05) is 35.5 Å². The first-order valence-corrected chi connectivity index (χ1v) is 10.4. The number of aromatic nitrogens is 1. The van der Waals surface area contributed by atoms with E-state index in [1.54, 1.807) is 18.4 Å². The standard InChI is InChI=1S/C22H24N2O2S/c1-26-20-12-6-5-11-18(20)19-15-27-21(23-19)17-10-7-13-24(14-17)22(25)16-8-3-2-4-9-16/h3,5-6,8-9,11-12,15,17H,2,4,7,10,13-14H2,1H3. The van der Waals surface area contributed by atoms with Gasteiger partial charge in [0.05, 0.1) is 17.8 Å². The van der Waals surface area contributed by atoms with Crippen LogP contribution in [0.3, 0.4) is 0 Å². The number of carbonyl (C=O) groups excluding carboxylic acids is 1. The number of piperidine rings is 1. The Labute approximate surface area is 164 Å². The highest BCUT2D eigenvalue weighted by Crippen LogP contribution is 2.35. The summed E-state index contributed by atoms with van der Waals surface area (Å²) in [5, 5.41) is 3.21. The van der Waals surface area contributed by atoms with Gasteiger partial charge in [0.15, 0.2) is 0 Å². The Hall–Kier alpha value is -2.40. The van der Waals surface area contributed by atoms with E-state index in [4.69, 9.17) is 9.72 Å². The predicted molar refractivity (Wildman–Crippen MR) is 109 cm³/mol. The van der Waals surface area contributed by atoms with Crippen molar-refractivity contribution in [3.8, 4) is 17.0 Å². The number of hydrogen-bond donors (Lipinski definition) is 0. The van der Waals surface area contributed by atoms with E-state index in [1.165, 1.54) is 0 Å². The summed E-state index contributed by atoms with van der Waals surface area (Å²) in [4.78, 5) is 19.7. The van der Waals surface area contributed by atoms with E-state index in [1.807, 2.05) is 35.2 Å². The van der Waals surface area contributed by atoms with Crippen molar-refractivity contribution in [2.75, 3.05) is 20.2 Å². The molecule has 2 heterocycles. The monoisotopic (exact) mass is 380 g/mol. The number of hydrogen-bond acceptors (Lipinski definition) is 4. The van der Waals surface area contributed by atoms with Gasteiger partial charge >= 0.3 is 0 Å². The highest BCUT2D eigenvalue weighted by molar-refractivity contribution is 7.10. The molecule has 1 unspecified atom stereocenters. The number of nitrogens with zero attached hydrogens (tertiary/aromatic N) is 2. The molecule has 0 radical (unpaired) electrons. The van der Waals surface area contributed by atoms with Crippen LogP contribution in [0.1, 0.15) is 36.6 Å². The maximum atomic E-state index is 12.8.